The summed E-state index contributed by atoms with van der Waals surface area (Å²) in [6.07, 6.45) is 1.81. The van der Waals surface area contributed by atoms with Crippen LogP contribution in [0.2, 0.25) is 0 Å². The quantitative estimate of drug-likeness (QED) is 0.312. The number of nitrogens with one attached hydrogen (secondary N) is 1. The maximum atomic E-state index is 14.1. The largest absolute Gasteiger partial charge is 0.351 e. The summed E-state index contributed by atoms with van der Waals surface area (Å²) >= 11 is 5.89. The molecule has 2 aromatic heterocycles. The number of thiocarbonyl (C=S) groups is 1. The average Bonchev–Trinajstić information content (AvgIpc) is 3.34. The van der Waals surface area contributed by atoms with Crippen molar-refractivity contribution in [3.63, 3.8) is 0 Å². The third-order valence-corrected chi connectivity index (χ3v) is 7.11. The van der Waals surface area contributed by atoms with Crippen LogP contribution < -0.4 is 10.2 Å². The van der Waals surface area contributed by atoms with Crippen molar-refractivity contribution in [2.24, 2.45) is 0 Å². The lowest BCUT2D eigenvalue weighted by molar-refractivity contribution is 0.565. The second kappa shape index (κ2) is 9.27. The Morgan fingerprint density at radius 2 is 1.71 bits per heavy atom. The monoisotopic (exact) mass is 484 g/mol. The molecule has 35 heavy (non-hydrogen) atoms. The first-order valence-corrected chi connectivity index (χ1v) is 12.3. The number of nitrogens with zero attached hydrogens (tertiary/aromatic N) is 3. The summed E-state index contributed by atoms with van der Waals surface area (Å²) in [5.41, 5.74) is 7.27. The molecule has 4 aromatic rings. The molecule has 3 heterocycles. The molecule has 0 radical (unpaired) electrons. The van der Waals surface area contributed by atoms with E-state index in [2.05, 4.69) is 77.8 Å². The van der Waals surface area contributed by atoms with E-state index in [0.717, 1.165) is 34.0 Å². The summed E-state index contributed by atoms with van der Waals surface area (Å²) < 4.78 is 16.2. The normalized spacial score (nSPS) is 17.8. The van der Waals surface area contributed by atoms with E-state index >= 15 is 0 Å². The Morgan fingerprint density at radius 1 is 0.943 bits per heavy atom. The maximum Gasteiger partial charge on any atom is 0.174 e. The van der Waals surface area contributed by atoms with Crippen LogP contribution in [0.4, 0.5) is 10.1 Å². The highest BCUT2D eigenvalue weighted by molar-refractivity contribution is 7.80. The van der Waals surface area contributed by atoms with Crippen LogP contribution >= 0.6 is 12.2 Å². The number of halogens is 1. The Morgan fingerprint density at radius 3 is 2.37 bits per heavy atom. The molecule has 1 fully saturated rings. The van der Waals surface area contributed by atoms with Gasteiger partial charge in [0.1, 0.15) is 5.82 Å². The number of aryl methyl sites for hydroxylation is 1. The van der Waals surface area contributed by atoms with Crippen LogP contribution in [0.25, 0.3) is 5.69 Å². The number of hydrogen-bond donors (Lipinski definition) is 1. The molecule has 2 atom stereocenters. The Labute approximate surface area is 211 Å². The molecule has 0 amide bonds. The van der Waals surface area contributed by atoms with Gasteiger partial charge >= 0.3 is 0 Å². The highest BCUT2D eigenvalue weighted by Gasteiger charge is 2.42. The highest BCUT2D eigenvalue weighted by Crippen LogP contribution is 2.43. The fraction of sp³-hybridized carbons (Fsp3) is 0.241. The highest BCUT2D eigenvalue weighted by atomic mass is 32.1. The van der Waals surface area contributed by atoms with Gasteiger partial charge in [0.2, 0.25) is 0 Å². The van der Waals surface area contributed by atoms with Gasteiger partial charge in [0.05, 0.1) is 17.8 Å². The molecule has 1 aliphatic rings. The van der Waals surface area contributed by atoms with E-state index in [-0.39, 0.29) is 17.9 Å². The summed E-state index contributed by atoms with van der Waals surface area (Å²) in [6.45, 7) is 8.53. The van der Waals surface area contributed by atoms with E-state index in [1.807, 2.05) is 30.5 Å². The number of benzene rings is 2. The van der Waals surface area contributed by atoms with Gasteiger partial charge in [-0.15, -0.1) is 0 Å². The molecule has 1 aliphatic heterocycles. The topological polar surface area (TPSA) is 33.1 Å². The fourth-order valence-electron chi connectivity index (χ4n) is 5.07. The predicted octanol–water partition coefficient (Wildman–Crippen LogP) is 6.93. The standard InChI is InChI=1S/C29H29FN4S/c1-18(2)21-11-13-23(14-12-21)34-28(27(32-29(34)35)26-10-5-6-15-31-26)25-16-19(3)33(20(25)4)24-9-7-8-22(30)17-24/h5-18,27-28H,1-4H3,(H,32,35)/t27-,28-/m0/s1. The van der Waals surface area contributed by atoms with Crippen molar-refractivity contribution in [1.82, 2.24) is 14.9 Å². The lowest BCUT2D eigenvalue weighted by Crippen LogP contribution is -2.29. The van der Waals surface area contributed by atoms with Crippen molar-refractivity contribution in [1.29, 1.82) is 0 Å². The first kappa shape index (κ1) is 23.2. The van der Waals surface area contributed by atoms with Gasteiger partial charge in [0.15, 0.2) is 5.11 Å². The van der Waals surface area contributed by atoms with E-state index in [1.165, 1.54) is 11.6 Å². The van der Waals surface area contributed by atoms with Crippen molar-refractivity contribution >= 4 is 23.0 Å². The Kier molecular flexibility index (Phi) is 6.15. The molecule has 5 rings (SSSR count). The molecule has 6 heteroatoms. The molecule has 2 aromatic carbocycles. The summed E-state index contributed by atoms with van der Waals surface area (Å²) in [6, 6.07) is 23.2. The van der Waals surface area contributed by atoms with Gasteiger partial charge in [0.25, 0.3) is 0 Å². The molecule has 0 saturated carbocycles. The summed E-state index contributed by atoms with van der Waals surface area (Å²) in [7, 11) is 0. The minimum Gasteiger partial charge on any atom is -0.351 e. The lowest BCUT2D eigenvalue weighted by Gasteiger charge is -2.28. The second-order valence-corrected chi connectivity index (χ2v) is 9.77. The third kappa shape index (κ3) is 4.23. The summed E-state index contributed by atoms with van der Waals surface area (Å²) in [5, 5.41) is 4.20. The van der Waals surface area contributed by atoms with Crippen molar-refractivity contribution in [3.05, 3.63) is 113 Å². The molecule has 1 saturated heterocycles. The fourth-order valence-corrected chi connectivity index (χ4v) is 5.41. The second-order valence-electron chi connectivity index (χ2n) is 9.38. The number of pyridine rings is 1. The minimum atomic E-state index is -0.251. The van der Waals surface area contributed by atoms with Gasteiger partial charge in [-0.05, 0) is 91.6 Å². The van der Waals surface area contributed by atoms with Crippen LogP contribution in [-0.4, -0.2) is 14.7 Å². The van der Waals surface area contributed by atoms with E-state index in [1.54, 1.807) is 12.1 Å². The van der Waals surface area contributed by atoms with Gasteiger partial charge < -0.3 is 14.8 Å². The van der Waals surface area contributed by atoms with Gasteiger partial charge in [-0.1, -0.05) is 38.1 Å². The Balaban J connectivity index is 1.66. The zero-order chi connectivity index (χ0) is 24.7. The number of hydrogen-bond acceptors (Lipinski definition) is 2. The smallest absolute Gasteiger partial charge is 0.174 e. The zero-order valence-electron chi connectivity index (χ0n) is 20.4. The van der Waals surface area contributed by atoms with Crippen molar-refractivity contribution in [3.8, 4) is 5.69 Å². The van der Waals surface area contributed by atoms with E-state index < -0.39 is 0 Å². The zero-order valence-corrected chi connectivity index (χ0v) is 21.2. The van der Waals surface area contributed by atoms with E-state index in [4.69, 9.17) is 12.2 Å². The van der Waals surface area contributed by atoms with Crippen LogP contribution in [0, 0.1) is 19.7 Å². The summed E-state index contributed by atoms with van der Waals surface area (Å²) in [5.74, 6) is 0.202. The van der Waals surface area contributed by atoms with Gasteiger partial charge in [-0.3, -0.25) is 4.98 Å². The SMILES string of the molecule is Cc1cc([C@H]2[C@H](c3ccccn3)NC(=S)N2c2ccc(C(C)C)cc2)c(C)n1-c1cccc(F)c1. The number of rotatable bonds is 5. The van der Waals surface area contributed by atoms with Crippen LogP contribution in [0.1, 0.15) is 60.1 Å². The maximum absolute atomic E-state index is 14.1. The van der Waals surface area contributed by atoms with Crippen LogP contribution in [0.15, 0.2) is 79.0 Å². The van der Waals surface area contributed by atoms with Crippen LogP contribution in [0.3, 0.4) is 0 Å². The van der Waals surface area contributed by atoms with E-state index in [9.17, 15) is 4.39 Å². The molecular formula is C29H29FN4S. The molecule has 0 bridgehead atoms. The number of anilines is 1. The van der Waals surface area contributed by atoms with Gasteiger partial charge in [-0.2, -0.15) is 0 Å². The molecule has 0 spiro atoms. The summed E-state index contributed by atoms with van der Waals surface area (Å²) in [4.78, 5) is 6.85. The van der Waals surface area contributed by atoms with Crippen LogP contribution in [-0.2, 0) is 0 Å². The average molecular weight is 485 g/mol. The molecule has 1 N–H and O–H groups in total. The molecular weight excluding hydrogens is 455 g/mol. The molecule has 4 nitrogen and oxygen atoms in total. The van der Waals surface area contributed by atoms with Crippen molar-refractivity contribution in [2.75, 3.05) is 4.90 Å². The number of aromatic nitrogens is 2. The first-order chi connectivity index (χ1) is 16.8. The van der Waals surface area contributed by atoms with Gasteiger partial charge in [-0.25, -0.2) is 4.39 Å². The van der Waals surface area contributed by atoms with Gasteiger partial charge in [0, 0.05) is 29.0 Å². The molecule has 0 aliphatic carbocycles. The Hall–Kier alpha value is -3.51. The third-order valence-electron chi connectivity index (χ3n) is 6.79. The molecule has 178 valence electrons. The van der Waals surface area contributed by atoms with Crippen molar-refractivity contribution < 1.29 is 4.39 Å². The predicted molar refractivity (Wildman–Crippen MR) is 144 cm³/mol. The Bertz CT molecular complexity index is 1360. The minimum absolute atomic E-state index is 0.115. The van der Waals surface area contributed by atoms with E-state index in [0.29, 0.717) is 11.0 Å². The van der Waals surface area contributed by atoms with Crippen molar-refractivity contribution in [2.45, 2.75) is 45.7 Å². The van der Waals surface area contributed by atoms with Crippen LogP contribution in [0.5, 0.6) is 0 Å². The lowest BCUT2D eigenvalue weighted by atomic mass is 9.96. The first-order valence-electron chi connectivity index (χ1n) is 11.9. The molecule has 0 unspecified atom stereocenters.